The summed E-state index contributed by atoms with van der Waals surface area (Å²) >= 11 is 0. The lowest BCUT2D eigenvalue weighted by atomic mass is 9.93. The number of rotatable bonds is 5. The third-order valence-electron chi connectivity index (χ3n) is 5.62. The van der Waals surface area contributed by atoms with E-state index < -0.39 is 0 Å². The molecule has 2 unspecified atom stereocenters. The number of piperidine rings is 1. The highest BCUT2D eigenvalue weighted by atomic mass is 16.5. The maximum atomic E-state index is 12.7. The third-order valence-corrected chi connectivity index (χ3v) is 5.62. The zero-order valence-corrected chi connectivity index (χ0v) is 15.8. The highest BCUT2D eigenvalue weighted by Crippen LogP contribution is 2.30. The van der Waals surface area contributed by atoms with Gasteiger partial charge in [0.05, 0.1) is 12.8 Å². The van der Waals surface area contributed by atoms with E-state index in [2.05, 4.69) is 24.1 Å². The average molecular weight is 345 g/mol. The van der Waals surface area contributed by atoms with Crippen LogP contribution in [0.1, 0.15) is 43.5 Å². The molecule has 0 saturated carbocycles. The Morgan fingerprint density at radius 2 is 2.04 bits per heavy atom. The van der Waals surface area contributed by atoms with E-state index in [0.29, 0.717) is 12.0 Å². The summed E-state index contributed by atoms with van der Waals surface area (Å²) in [5, 5.41) is 3.66. The summed E-state index contributed by atoms with van der Waals surface area (Å²) in [6.45, 7) is 9.61. The SMILES string of the molecule is CCN1CCC(Nc2cc(C(=O)N3CCCC3)ccc2OC)C(C)C1. The van der Waals surface area contributed by atoms with Crippen LogP contribution in [0.5, 0.6) is 5.75 Å². The number of anilines is 1. The summed E-state index contributed by atoms with van der Waals surface area (Å²) in [6.07, 6.45) is 3.34. The molecule has 2 aliphatic rings. The number of nitrogens with zero attached hydrogens (tertiary/aromatic N) is 2. The topological polar surface area (TPSA) is 44.8 Å². The summed E-state index contributed by atoms with van der Waals surface area (Å²) in [4.78, 5) is 17.1. The second kappa shape index (κ2) is 8.09. The summed E-state index contributed by atoms with van der Waals surface area (Å²) in [6, 6.07) is 6.18. The molecule has 1 aromatic carbocycles. The minimum atomic E-state index is 0.136. The summed E-state index contributed by atoms with van der Waals surface area (Å²) in [7, 11) is 1.69. The largest absolute Gasteiger partial charge is 0.495 e. The number of likely N-dealkylation sites (tertiary alicyclic amines) is 2. The van der Waals surface area contributed by atoms with Gasteiger partial charge in [-0.05, 0) is 49.9 Å². The number of benzene rings is 1. The lowest BCUT2D eigenvalue weighted by molar-refractivity contribution is 0.0793. The minimum Gasteiger partial charge on any atom is -0.495 e. The van der Waals surface area contributed by atoms with Gasteiger partial charge in [-0.2, -0.15) is 0 Å². The van der Waals surface area contributed by atoms with Crippen LogP contribution < -0.4 is 10.1 Å². The van der Waals surface area contributed by atoms with E-state index in [9.17, 15) is 4.79 Å². The predicted octanol–water partition coefficient (Wildman–Crippen LogP) is 3.07. The van der Waals surface area contributed by atoms with Gasteiger partial charge in [0.2, 0.25) is 0 Å². The van der Waals surface area contributed by atoms with Crippen LogP contribution in [-0.2, 0) is 0 Å². The Balaban J connectivity index is 1.75. The molecule has 138 valence electrons. The number of amides is 1. The van der Waals surface area contributed by atoms with Crippen molar-refractivity contribution >= 4 is 11.6 Å². The molecule has 1 N–H and O–H groups in total. The number of carbonyl (C=O) groups is 1. The molecule has 0 radical (unpaired) electrons. The van der Waals surface area contributed by atoms with Crippen molar-refractivity contribution in [1.29, 1.82) is 0 Å². The summed E-state index contributed by atoms with van der Waals surface area (Å²) < 4.78 is 5.53. The first kappa shape index (κ1) is 18.1. The second-order valence-electron chi connectivity index (χ2n) is 7.32. The van der Waals surface area contributed by atoms with Crippen LogP contribution in [0.3, 0.4) is 0 Å². The Morgan fingerprint density at radius 1 is 1.28 bits per heavy atom. The maximum Gasteiger partial charge on any atom is 0.253 e. The maximum absolute atomic E-state index is 12.7. The molecular weight excluding hydrogens is 314 g/mol. The molecule has 1 aromatic rings. The summed E-state index contributed by atoms with van der Waals surface area (Å²) in [5.41, 5.74) is 1.69. The minimum absolute atomic E-state index is 0.136. The zero-order chi connectivity index (χ0) is 17.8. The zero-order valence-electron chi connectivity index (χ0n) is 15.8. The Morgan fingerprint density at radius 3 is 2.68 bits per heavy atom. The molecule has 3 rings (SSSR count). The van der Waals surface area contributed by atoms with E-state index in [4.69, 9.17) is 4.74 Å². The molecule has 2 fully saturated rings. The Labute approximate surface area is 151 Å². The smallest absolute Gasteiger partial charge is 0.253 e. The van der Waals surface area contributed by atoms with Crippen LogP contribution >= 0.6 is 0 Å². The Kier molecular flexibility index (Phi) is 5.84. The van der Waals surface area contributed by atoms with Crippen molar-refractivity contribution in [3.63, 3.8) is 0 Å². The van der Waals surface area contributed by atoms with Crippen molar-refractivity contribution in [1.82, 2.24) is 9.80 Å². The number of hydrogen-bond acceptors (Lipinski definition) is 4. The van der Waals surface area contributed by atoms with Gasteiger partial charge in [0.15, 0.2) is 0 Å². The van der Waals surface area contributed by atoms with Gasteiger partial charge in [0.1, 0.15) is 5.75 Å². The lowest BCUT2D eigenvalue weighted by Crippen LogP contribution is -2.45. The fourth-order valence-electron chi connectivity index (χ4n) is 3.99. The average Bonchev–Trinajstić information content (AvgIpc) is 3.17. The first-order valence-electron chi connectivity index (χ1n) is 9.58. The van der Waals surface area contributed by atoms with Crippen LogP contribution in [0.2, 0.25) is 0 Å². The molecule has 0 aliphatic carbocycles. The van der Waals surface area contributed by atoms with Gasteiger partial charge >= 0.3 is 0 Å². The van der Waals surface area contributed by atoms with Crippen LogP contribution in [0.15, 0.2) is 18.2 Å². The molecule has 2 heterocycles. The van der Waals surface area contributed by atoms with E-state index in [-0.39, 0.29) is 5.91 Å². The van der Waals surface area contributed by atoms with Gasteiger partial charge in [-0.15, -0.1) is 0 Å². The van der Waals surface area contributed by atoms with E-state index in [1.165, 1.54) is 0 Å². The monoisotopic (exact) mass is 345 g/mol. The fraction of sp³-hybridized carbons (Fsp3) is 0.650. The van der Waals surface area contributed by atoms with Crippen molar-refractivity contribution in [3.8, 4) is 5.75 Å². The highest BCUT2D eigenvalue weighted by molar-refractivity contribution is 5.95. The van der Waals surface area contributed by atoms with E-state index in [0.717, 1.165) is 69.0 Å². The Hall–Kier alpha value is -1.75. The van der Waals surface area contributed by atoms with Crippen molar-refractivity contribution in [3.05, 3.63) is 23.8 Å². The normalized spacial score (nSPS) is 24.4. The first-order chi connectivity index (χ1) is 12.1. The van der Waals surface area contributed by atoms with E-state index in [1.54, 1.807) is 7.11 Å². The molecule has 0 spiro atoms. The van der Waals surface area contributed by atoms with Crippen LogP contribution in [0, 0.1) is 5.92 Å². The molecule has 2 saturated heterocycles. The number of ether oxygens (including phenoxy) is 1. The number of carbonyl (C=O) groups excluding carboxylic acids is 1. The van der Waals surface area contributed by atoms with Crippen LogP contribution in [0.4, 0.5) is 5.69 Å². The molecule has 5 nitrogen and oxygen atoms in total. The van der Waals surface area contributed by atoms with Gasteiger partial charge in [0.25, 0.3) is 5.91 Å². The van der Waals surface area contributed by atoms with Crippen molar-refractivity contribution < 1.29 is 9.53 Å². The number of methoxy groups -OCH3 is 1. The van der Waals surface area contributed by atoms with E-state index >= 15 is 0 Å². The number of hydrogen-bond donors (Lipinski definition) is 1. The quantitative estimate of drug-likeness (QED) is 0.891. The van der Waals surface area contributed by atoms with Crippen LogP contribution in [-0.4, -0.2) is 61.6 Å². The van der Waals surface area contributed by atoms with Gasteiger partial charge in [-0.1, -0.05) is 13.8 Å². The van der Waals surface area contributed by atoms with Crippen molar-refractivity contribution in [2.75, 3.05) is 45.2 Å². The van der Waals surface area contributed by atoms with Gasteiger partial charge in [0, 0.05) is 37.8 Å². The lowest BCUT2D eigenvalue weighted by Gasteiger charge is -2.37. The van der Waals surface area contributed by atoms with Gasteiger partial charge < -0.3 is 19.9 Å². The Bertz CT molecular complexity index is 599. The third kappa shape index (κ3) is 4.09. The first-order valence-corrected chi connectivity index (χ1v) is 9.58. The molecule has 1 amide bonds. The molecule has 2 atom stereocenters. The van der Waals surface area contributed by atoms with Crippen molar-refractivity contribution in [2.45, 2.75) is 39.2 Å². The number of nitrogens with one attached hydrogen (secondary N) is 1. The molecule has 0 bridgehead atoms. The fourth-order valence-corrected chi connectivity index (χ4v) is 3.99. The molecule has 0 aromatic heterocycles. The van der Waals surface area contributed by atoms with E-state index in [1.807, 2.05) is 23.1 Å². The van der Waals surface area contributed by atoms with Gasteiger partial charge in [-0.25, -0.2) is 0 Å². The van der Waals surface area contributed by atoms with Crippen molar-refractivity contribution in [2.24, 2.45) is 5.92 Å². The summed E-state index contributed by atoms with van der Waals surface area (Å²) in [5.74, 6) is 1.51. The molecule has 5 heteroatoms. The second-order valence-corrected chi connectivity index (χ2v) is 7.32. The predicted molar refractivity (Wildman–Crippen MR) is 101 cm³/mol. The van der Waals surface area contributed by atoms with Gasteiger partial charge in [-0.3, -0.25) is 4.79 Å². The van der Waals surface area contributed by atoms with Crippen LogP contribution in [0.25, 0.3) is 0 Å². The highest BCUT2D eigenvalue weighted by Gasteiger charge is 2.26. The molecule has 25 heavy (non-hydrogen) atoms. The molecular formula is C20H31N3O2. The molecule has 2 aliphatic heterocycles. The standard InChI is InChI=1S/C20H31N3O2/c1-4-22-12-9-17(15(2)14-22)21-18-13-16(7-8-19(18)25-3)20(24)23-10-5-6-11-23/h7-8,13,15,17,21H,4-6,9-12,14H2,1-3H3.